The van der Waals surface area contributed by atoms with Crippen LogP contribution in [0.1, 0.15) is 18.3 Å². The van der Waals surface area contributed by atoms with Crippen LogP contribution in [-0.4, -0.2) is 11.5 Å². The number of nitrogens with zero attached hydrogens (tertiary/aromatic N) is 2. The molecule has 1 aromatic carbocycles. The van der Waals surface area contributed by atoms with Crippen molar-refractivity contribution in [2.75, 3.05) is 17.2 Å². The van der Waals surface area contributed by atoms with E-state index < -0.39 is 11.6 Å². The van der Waals surface area contributed by atoms with E-state index in [0.29, 0.717) is 13.1 Å². The van der Waals surface area contributed by atoms with Crippen molar-refractivity contribution >= 4 is 11.4 Å². The quantitative estimate of drug-likeness (QED) is 0.872. The molecule has 0 aliphatic carbocycles. The highest BCUT2D eigenvalue weighted by Gasteiger charge is 2.18. The molecule has 0 amide bonds. The van der Waals surface area contributed by atoms with E-state index in [2.05, 4.69) is 4.98 Å². The number of nitrogens with two attached hydrogens (primary N) is 1. The van der Waals surface area contributed by atoms with E-state index in [-0.39, 0.29) is 11.4 Å². The topological polar surface area (TPSA) is 42.2 Å². The maximum absolute atomic E-state index is 14.0. The van der Waals surface area contributed by atoms with E-state index in [1.807, 2.05) is 32.0 Å². The molecule has 0 radical (unpaired) electrons. The monoisotopic (exact) mass is 277 g/mol. The molecule has 0 saturated carbocycles. The SMILES string of the molecule is CCN(Cc1cccc(C)n1)c1c(N)ccc(F)c1F. The average molecular weight is 277 g/mol. The zero-order valence-electron chi connectivity index (χ0n) is 11.5. The zero-order chi connectivity index (χ0) is 14.7. The molecule has 0 unspecified atom stereocenters. The summed E-state index contributed by atoms with van der Waals surface area (Å²) < 4.78 is 27.4. The molecule has 0 spiro atoms. The highest BCUT2D eigenvalue weighted by Crippen LogP contribution is 2.29. The molecule has 0 saturated heterocycles. The number of benzene rings is 1. The maximum Gasteiger partial charge on any atom is 0.184 e. The zero-order valence-corrected chi connectivity index (χ0v) is 11.5. The molecular formula is C15H17F2N3. The Morgan fingerprint density at radius 2 is 1.95 bits per heavy atom. The fourth-order valence-corrected chi connectivity index (χ4v) is 2.11. The first kappa shape index (κ1) is 14.2. The number of aromatic nitrogens is 1. The van der Waals surface area contributed by atoms with Crippen LogP contribution in [-0.2, 0) is 6.54 Å². The number of hydrogen-bond acceptors (Lipinski definition) is 3. The van der Waals surface area contributed by atoms with Crippen molar-refractivity contribution < 1.29 is 8.78 Å². The Morgan fingerprint density at radius 3 is 2.60 bits per heavy atom. The van der Waals surface area contributed by atoms with Crippen molar-refractivity contribution in [3.8, 4) is 0 Å². The van der Waals surface area contributed by atoms with Crippen molar-refractivity contribution in [1.82, 2.24) is 4.98 Å². The molecule has 0 bridgehead atoms. The molecule has 0 aliphatic rings. The Morgan fingerprint density at radius 1 is 1.20 bits per heavy atom. The van der Waals surface area contributed by atoms with Gasteiger partial charge in [-0.05, 0) is 38.1 Å². The lowest BCUT2D eigenvalue weighted by Crippen LogP contribution is -2.25. The van der Waals surface area contributed by atoms with Crippen LogP contribution in [0.3, 0.4) is 0 Å². The van der Waals surface area contributed by atoms with Gasteiger partial charge < -0.3 is 10.6 Å². The smallest absolute Gasteiger partial charge is 0.184 e. The van der Waals surface area contributed by atoms with Gasteiger partial charge >= 0.3 is 0 Å². The second-order valence-corrected chi connectivity index (χ2v) is 4.58. The summed E-state index contributed by atoms with van der Waals surface area (Å²) in [5.74, 6) is -1.82. The standard InChI is InChI=1S/C15H17F2N3/c1-3-20(9-11-6-4-5-10(2)19-11)15-13(18)8-7-12(16)14(15)17/h4-8H,3,9,18H2,1-2H3. The van der Waals surface area contributed by atoms with E-state index in [9.17, 15) is 8.78 Å². The number of nitrogen functional groups attached to an aromatic ring is 1. The summed E-state index contributed by atoms with van der Waals surface area (Å²) in [6.07, 6.45) is 0. The lowest BCUT2D eigenvalue weighted by molar-refractivity contribution is 0.506. The van der Waals surface area contributed by atoms with E-state index >= 15 is 0 Å². The summed E-state index contributed by atoms with van der Waals surface area (Å²) >= 11 is 0. The van der Waals surface area contributed by atoms with Gasteiger partial charge in [-0.3, -0.25) is 4.98 Å². The van der Waals surface area contributed by atoms with Gasteiger partial charge in [-0.15, -0.1) is 0 Å². The van der Waals surface area contributed by atoms with Gasteiger partial charge in [0.1, 0.15) is 0 Å². The minimum absolute atomic E-state index is 0.0933. The first-order valence-electron chi connectivity index (χ1n) is 6.44. The van der Waals surface area contributed by atoms with Crippen molar-refractivity contribution in [3.63, 3.8) is 0 Å². The molecule has 5 heteroatoms. The summed E-state index contributed by atoms with van der Waals surface area (Å²) in [6, 6.07) is 8.03. The van der Waals surface area contributed by atoms with Crippen LogP contribution >= 0.6 is 0 Å². The lowest BCUT2D eigenvalue weighted by Gasteiger charge is -2.25. The van der Waals surface area contributed by atoms with Crippen LogP contribution in [0, 0.1) is 18.6 Å². The molecule has 2 N–H and O–H groups in total. The normalized spacial score (nSPS) is 10.6. The summed E-state index contributed by atoms with van der Waals surface area (Å²) in [6.45, 7) is 4.62. The summed E-state index contributed by atoms with van der Waals surface area (Å²) in [4.78, 5) is 6.05. The van der Waals surface area contributed by atoms with E-state index in [1.54, 1.807) is 4.90 Å². The Balaban J connectivity index is 2.36. The number of aryl methyl sites for hydroxylation is 1. The van der Waals surface area contributed by atoms with Gasteiger partial charge in [-0.25, -0.2) is 8.78 Å². The van der Waals surface area contributed by atoms with Gasteiger partial charge in [0.25, 0.3) is 0 Å². The Hall–Kier alpha value is -2.17. The first-order valence-corrected chi connectivity index (χ1v) is 6.44. The maximum atomic E-state index is 14.0. The van der Waals surface area contributed by atoms with E-state index in [1.165, 1.54) is 6.07 Å². The summed E-state index contributed by atoms with van der Waals surface area (Å²) in [5.41, 5.74) is 7.76. The number of halogens is 2. The fourth-order valence-electron chi connectivity index (χ4n) is 2.11. The molecule has 106 valence electrons. The molecule has 2 rings (SSSR count). The van der Waals surface area contributed by atoms with Gasteiger partial charge in [-0.2, -0.15) is 0 Å². The van der Waals surface area contributed by atoms with Crippen LogP contribution < -0.4 is 10.6 Å². The predicted octanol–water partition coefficient (Wildman–Crippen LogP) is 3.28. The number of rotatable bonds is 4. The third kappa shape index (κ3) is 2.87. The van der Waals surface area contributed by atoms with Crippen molar-refractivity contribution in [2.45, 2.75) is 20.4 Å². The second-order valence-electron chi connectivity index (χ2n) is 4.58. The van der Waals surface area contributed by atoms with Gasteiger partial charge in [0, 0.05) is 12.2 Å². The molecular weight excluding hydrogens is 260 g/mol. The van der Waals surface area contributed by atoms with E-state index in [0.717, 1.165) is 17.5 Å². The lowest BCUT2D eigenvalue weighted by atomic mass is 10.2. The Kier molecular flexibility index (Phi) is 4.17. The van der Waals surface area contributed by atoms with E-state index in [4.69, 9.17) is 5.73 Å². The summed E-state index contributed by atoms with van der Waals surface area (Å²) in [5, 5.41) is 0. The average Bonchev–Trinajstić information content (AvgIpc) is 2.42. The molecule has 1 aromatic heterocycles. The van der Waals surface area contributed by atoms with Crippen LogP contribution in [0.25, 0.3) is 0 Å². The molecule has 2 aromatic rings. The first-order chi connectivity index (χ1) is 9.52. The molecule has 20 heavy (non-hydrogen) atoms. The van der Waals surface area contributed by atoms with Crippen LogP contribution in [0.15, 0.2) is 30.3 Å². The third-order valence-electron chi connectivity index (χ3n) is 3.10. The van der Waals surface area contributed by atoms with Crippen LogP contribution in [0.2, 0.25) is 0 Å². The number of anilines is 2. The number of hydrogen-bond donors (Lipinski definition) is 1. The number of pyridine rings is 1. The van der Waals surface area contributed by atoms with Crippen molar-refractivity contribution in [1.29, 1.82) is 0 Å². The molecule has 0 fully saturated rings. The molecule has 0 atom stereocenters. The molecule has 3 nitrogen and oxygen atoms in total. The minimum atomic E-state index is -0.917. The predicted molar refractivity (Wildman–Crippen MR) is 76.5 cm³/mol. The van der Waals surface area contributed by atoms with Crippen molar-refractivity contribution in [3.05, 3.63) is 53.4 Å². The highest BCUT2D eigenvalue weighted by molar-refractivity contribution is 5.68. The van der Waals surface area contributed by atoms with Crippen molar-refractivity contribution in [2.24, 2.45) is 0 Å². The molecule has 1 heterocycles. The van der Waals surface area contributed by atoms with Crippen LogP contribution in [0.5, 0.6) is 0 Å². The minimum Gasteiger partial charge on any atom is -0.397 e. The summed E-state index contributed by atoms with van der Waals surface area (Å²) in [7, 11) is 0. The van der Waals surface area contributed by atoms with Gasteiger partial charge in [0.05, 0.1) is 23.6 Å². The largest absolute Gasteiger partial charge is 0.397 e. The Bertz CT molecular complexity index is 614. The Labute approximate surface area is 117 Å². The fraction of sp³-hybridized carbons (Fsp3) is 0.267. The molecule has 0 aliphatic heterocycles. The second kappa shape index (κ2) is 5.86. The van der Waals surface area contributed by atoms with Gasteiger partial charge in [-0.1, -0.05) is 6.07 Å². The van der Waals surface area contributed by atoms with Crippen LogP contribution in [0.4, 0.5) is 20.2 Å². The highest BCUT2D eigenvalue weighted by atomic mass is 19.2. The third-order valence-corrected chi connectivity index (χ3v) is 3.10. The van der Waals surface area contributed by atoms with Gasteiger partial charge in [0.15, 0.2) is 11.6 Å². The van der Waals surface area contributed by atoms with Gasteiger partial charge in [0.2, 0.25) is 0 Å².